The first-order valence-electron chi connectivity index (χ1n) is 7.08. The van der Waals surface area contributed by atoms with Crippen LogP contribution in [0.5, 0.6) is 0 Å². The minimum atomic E-state index is 0.642. The molecule has 1 aromatic carbocycles. The van der Waals surface area contributed by atoms with Crippen molar-refractivity contribution >= 4 is 0 Å². The average molecular weight is 246 g/mol. The van der Waals surface area contributed by atoms with Gasteiger partial charge in [0.1, 0.15) is 0 Å². The van der Waals surface area contributed by atoms with E-state index in [1.807, 2.05) is 0 Å². The lowest BCUT2D eigenvalue weighted by Gasteiger charge is -2.36. The van der Waals surface area contributed by atoms with E-state index in [0.29, 0.717) is 12.0 Å². The van der Waals surface area contributed by atoms with Crippen molar-refractivity contribution in [2.45, 2.75) is 40.3 Å². The Morgan fingerprint density at radius 3 is 2.56 bits per heavy atom. The van der Waals surface area contributed by atoms with E-state index in [1.165, 1.54) is 23.2 Å². The first-order valence-corrected chi connectivity index (χ1v) is 7.08. The zero-order chi connectivity index (χ0) is 13.1. The monoisotopic (exact) mass is 246 g/mol. The van der Waals surface area contributed by atoms with E-state index in [4.69, 9.17) is 0 Å². The van der Waals surface area contributed by atoms with Gasteiger partial charge >= 0.3 is 0 Å². The molecule has 0 bridgehead atoms. The van der Waals surface area contributed by atoms with E-state index < -0.39 is 0 Å². The summed E-state index contributed by atoms with van der Waals surface area (Å²) in [4.78, 5) is 2.59. The summed E-state index contributed by atoms with van der Waals surface area (Å²) in [6, 6.07) is 7.25. The summed E-state index contributed by atoms with van der Waals surface area (Å²) in [6.45, 7) is 13.6. The maximum absolute atomic E-state index is 3.62. The minimum absolute atomic E-state index is 0.642. The number of rotatable bonds is 3. The van der Waals surface area contributed by atoms with E-state index in [0.717, 1.165) is 19.6 Å². The molecular formula is C16H26N2. The van der Waals surface area contributed by atoms with Crippen molar-refractivity contribution in [3.8, 4) is 0 Å². The van der Waals surface area contributed by atoms with Gasteiger partial charge in [0.05, 0.1) is 0 Å². The maximum Gasteiger partial charge on any atom is 0.0240 e. The fourth-order valence-electron chi connectivity index (χ4n) is 2.75. The number of aryl methyl sites for hydroxylation is 2. The molecule has 1 unspecified atom stereocenters. The molecule has 0 spiro atoms. The molecular weight excluding hydrogens is 220 g/mol. The quantitative estimate of drug-likeness (QED) is 0.882. The third-order valence-electron chi connectivity index (χ3n) is 4.12. The summed E-state index contributed by atoms with van der Waals surface area (Å²) in [5.41, 5.74) is 4.37. The Bertz CT molecular complexity index is 378. The van der Waals surface area contributed by atoms with Crippen LogP contribution in [0, 0.1) is 19.8 Å². The molecule has 1 aromatic rings. The van der Waals surface area contributed by atoms with Gasteiger partial charge in [0.2, 0.25) is 0 Å². The average Bonchev–Trinajstić information content (AvgIpc) is 2.34. The van der Waals surface area contributed by atoms with Gasteiger partial charge in [-0.1, -0.05) is 32.0 Å². The van der Waals surface area contributed by atoms with Gasteiger partial charge in [0.25, 0.3) is 0 Å². The molecule has 100 valence electrons. The number of piperazine rings is 1. The highest BCUT2D eigenvalue weighted by Crippen LogP contribution is 2.17. The Kier molecular flexibility index (Phi) is 4.41. The summed E-state index contributed by atoms with van der Waals surface area (Å²) in [6.07, 6.45) is 0. The lowest BCUT2D eigenvalue weighted by molar-refractivity contribution is 0.168. The van der Waals surface area contributed by atoms with Crippen molar-refractivity contribution in [1.29, 1.82) is 0 Å². The van der Waals surface area contributed by atoms with Gasteiger partial charge < -0.3 is 5.32 Å². The van der Waals surface area contributed by atoms with Crippen LogP contribution in [0.3, 0.4) is 0 Å². The highest BCUT2D eigenvalue weighted by atomic mass is 15.2. The number of nitrogens with one attached hydrogen (secondary N) is 1. The van der Waals surface area contributed by atoms with Crippen LogP contribution in [-0.2, 0) is 6.54 Å². The zero-order valence-corrected chi connectivity index (χ0v) is 12.2. The molecule has 2 heteroatoms. The molecule has 1 N–H and O–H groups in total. The van der Waals surface area contributed by atoms with Crippen molar-refractivity contribution in [3.05, 3.63) is 34.9 Å². The van der Waals surface area contributed by atoms with Gasteiger partial charge in [-0.15, -0.1) is 0 Å². The lowest BCUT2D eigenvalue weighted by atomic mass is 9.99. The molecule has 1 saturated heterocycles. The van der Waals surface area contributed by atoms with Crippen LogP contribution in [-0.4, -0.2) is 30.6 Å². The molecule has 0 amide bonds. The fraction of sp³-hybridized carbons (Fsp3) is 0.625. The largest absolute Gasteiger partial charge is 0.311 e. The Morgan fingerprint density at radius 1 is 1.28 bits per heavy atom. The van der Waals surface area contributed by atoms with Crippen molar-refractivity contribution in [2.24, 2.45) is 5.92 Å². The number of hydrogen-bond donors (Lipinski definition) is 1. The second kappa shape index (κ2) is 5.85. The van der Waals surface area contributed by atoms with Crippen molar-refractivity contribution < 1.29 is 0 Å². The molecule has 2 rings (SSSR count). The summed E-state index contributed by atoms with van der Waals surface area (Å²) < 4.78 is 0. The van der Waals surface area contributed by atoms with Crippen LogP contribution in [0.4, 0.5) is 0 Å². The summed E-state index contributed by atoms with van der Waals surface area (Å²) in [7, 11) is 0. The van der Waals surface area contributed by atoms with E-state index >= 15 is 0 Å². The maximum atomic E-state index is 3.62. The third-order valence-corrected chi connectivity index (χ3v) is 4.12. The van der Waals surface area contributed by atoms with Gasteiger partial charge in [-0.05, 0) is 36.5 Å². The molecule has 1 atom stereocenters. The molecule has 18 heavy (non-hydrogen) atoms. The molecule has 0 saturated carbocycles. The molecule has 0 aliphatic carbocycles. The smallest absolute Gasteiger partial charge is 0.0240 e. The van der Waals surface area contributed by atoms with Gasteiger partial charge in [-0.2, -0.15) is 0 Å². The van der Waals surface area contributed by atoms with Gasteiger partial charge in [0, 0.05) is 32.2 Å². The molecule has 2 nitrogen and oxygen atoms in total. The predicted octanol–water partition coefficient (Wildman–Crippen LogP) is 2.73. The van der Waals surface area contributed by atoms with Crippen LogP contribution < -0.4 is 5.32 Å². The Balaban J connectivity index is 2.05. The van der Waals surface area contributed by atoms with E-state index in [-0.39, 0.29) is 0 Å². The summed E-state index contributed by atoms with van der Waals surface area (Å²) in [5.74, 6) is 0.714. The van der Waals surface area contributed by atoms with Crippen molar-refractivity contribution in [3.63, 3.8) is 0 Å². The van der Waals surface area contributed by atoms with E-state index in [2.05, 4.69) is 56.1 Å². The molecule has 1 aliphatic heterocycles. The van der Waals surface area contributed by atoms with E-state index in [9.17, 15) is 0 Å². The summed E-state index contributed by atoms with van der Waals surface area (Å²) in [5, 5.41) is 3.62. The Morgan fingerprint density at radius 2 is 1.94 bits per heavy atom. The second-order valence-electron chi connectivity index (χ2n) is 5.91. The predicted molar refractivity (Wildman–Crippen MR) is 77.8 cm³/mol. The van der Waals surface area contributed by atoms with Gasteiger partial charge in [-0.3, -0.25) is 4.90 Å². The third kappa shape index (κ3) is 3.12. The number of nitrogens with zero attached hydrogens (tertiary/aromatic N) is 1. The topological polar surface area (TPSA) is 15.3 Å². The minimum Gasteiger partial charge on any atom is -0.311 e. The van der Waals surface area contributed by atoms with Crippen LogP contribution in [0.2, 0.25) is 0 Å². The molecule has 1 heterocycles. The van der Waals surface area contributed by atoms with E-state index in [1.54, 1.807) is 0 Å². The van der Waals surface area contributed by atoms with Crippen molar-refractivity contribution in [1.82, 2.24) is 10.2 Å². The van der Waals surface area contributed by atoms with Crippen LogP contribution in [0.25, 0.3) is 0 Å². The Labute approximate surface area is 111 Å². The first kappa shape index (κ1) is 13.6. The summed E-state index contributed by atoms with van der Waals surface area (Å²) >= 11 is 0. The SMILES string of the molecule is Cc1cccc(C)c1CN1CCNC(C(C)C)C1. The van der Waals surface area contributed by atoms with Crippen LogP contribution >= 0.6 is 0 Å². The first-order chi connectivity index (χ1) is 8.58. The number of hydrogen-bond acceptors (Lipinski definition) is 2. The van der Waals surface area contributed by atoms with Crippen LogP contribution in [0.1, 0.15) is 30.5 Å². The standard InChI is InChI=1S/C16H26N2/c1-12(2)16-11-18(9-8-17-16)10-15-13(3)6-5-7-14(15)4/h5-7,12,16-17H,8-11H2,1-4H3. The van der Waals surface area contributed by atoms with Crippen LogP contribution in [0.15, 0.2) is 18.2 Å². The zero-order valence-electron chi connectivity index (χ0n) is 12.2. The molecule has 0 aromatic heterocycles. The van der Waals surface area contributed by atoms with Crippen molar-refractivity contribution in [2.75, 3.05) is 19.6 Å². The molecule has 1 aliphatic rings. The normalized spacial score (nSPS) is 21.5. The Hall–Kier alpha value is -0.860. The highest BCUT2D eigenvalue weighted by Gasteiger charge is 2.22. The number of benzene rings is 1. The highest BCUT2D eigenvalue weighted by molar-refractivity contribution is 5.33. The second-order valence-corrected chi connectivity index (χ2v) is 5.91. The molecule has 0 radical (unpaired) electrons. The molecule has 1 fully saturated rings. The fourth-order valence-corrected chi connectivity index (χ4v) is 2.75. The lowest BCUT2D eigenvalue weighted by Crippen LogP contribution is -2.52. The van der Waals surface area contributed by atoms with Gasteiger partial charge in [0.15, 0.2) is 0 Å². The van der Waals surface area contributed by atoms with Gasteiger partial charge in [-0.25, -0.2) is 0 Å².